The maximum absolute atomic E-state index is 10.3. The molecule has 1 heterocycles. The zero-order valence-corrected chi connectivity index (χ0v) is 9.20. The van der Waals surface area contributed by atoms with Gasteiger partial charge in [-0.3, -0.25) is 4.79 Å². The standard InChI is InChI=1S/C11H21NO2/c1-3-10-7-12(8-10)9(2)5-4-6-11(13)14/h9-10H,3-8H2,1-2H3,(H,13,14). The van der Waals surface area contributed by atoms with Crippen LogP contribution in [0, 0.1) is 5.92 Å². The summed E-state index contributed by atoms with van der Waals surface area (Å²) in [5.74, 6) is 0.212. The van der Waals surface area contributed by atoms with E-state index in [2.05, 4.69) is 18.7 Å². The first kappa shape index (κ1) is 11.5. The molecular formula is C11H21NO2. The van der Waals surface area contributed by atoms with Crippen LogP contribution < -0.4 is 0 Å². The first-order chi connectivity index (χ1) is 6.63. The second-order valence-electron chi connectivity index (χ2n) is 4.36. The Morgan fingerprint density at radius 1 is 1.57 bits per heavy atom. The highest BCUT2D eigenvalue weighted by atomic mass is 16.4. The maximum Gasteiger partial charge on any atom is 0.303 e. The summed E-state index contributed by atoms with van der Waals surface area (Å²) in [5, 5.41) is 8.50. The van der Waals surface area contributed by atoms with Crippen LogP contribution in [0.25, 0.3) is 0 Å². The lowest BCUT2D eigenvalue weighted by Gasteiger charge is -2.43. The normalized spacial score (nSPS) is 20.4. The predicted octanol–water partition coefficient (Wildman–Crippen LogP) is 1.97. The van der Waals surface area contributed by atoms with Crippen LogP contribution in [0.5, 0.6) is 0 Å². The molecule has 0 aromatic rings. The molecule has 1 aliphatic rings. The minimum absolute atomic E-state index is 0.315. The van der Waals surface area contributed by atoms with Crippen molar-refractivity contribution in [2.45, 2.75) is 45.6 Å². The van der Waals surface area contributed by atoms with Crippen molar-refractivity contribution >= 4 is 5.97 Å². The number of hydrogen-bond acceptors (Lipinski definition) is 2. The Balaban J connectivity index is 2.05. The Kier molecular flexibility index (Phi) is 4.39. The molecule has 0 aromatic heterocycles. The molecule has 0 amide bonds. The third kappa shape index (κ3) is 3.29. The van der Waals surface area contributed by atoms with Crippen molar-refractivity contribution in [3.05, 3.63) is 0 Å². The van der Waals surface area contributed by atoms with Gasteiger partial charge in [0.05, 0.1) is 0 Å². The van der Waals surface area contributed by atoms with E-state index in [-0.39, 0.29) is 0 Å². The van der Waals surface area contributed by atoms with Crippen molar-refractivity contribution < 1.29 is 9.90 Å². The molecule has 0 spiro atoms. The van der Waals surface area contributed by atoms with Gasteiger partial charge in [0.1, 0.15) is 0 Å². The molecule has 1 N–H and O–H groups in total. The molecule has 1 unspecified atom stereocenters. The zero-order chi connectivity index (χ0) is 10.6. The van der Waals surface area contributed by atoms with Crippen molar-refractivity contribution in [3.8, 4) is 0 Å². The maximum atomic E-state index is 10.3. The van der Waals surface area contributed by atoms with Gasteiger partial charge < -0.3 is 10.0 Å². The second kappa shape index (κ2) is 5.35. The summed E-state index contributed by atoms with van der Waals surface area (Å²) >= 11 is 0. The topological polar surface area (TPSA) is 40.5 Å². The summed E-state index contributed by atoms with van der Waals surface area (Å²) in [5.41, 5.74) is 0. The van der Waals surface area contributed by atoms with Crippen molar-refractivity contribution in [2.24, 2.45) is 5.92 Å². The molecule has 3 nitrogen and oxygen atoms in total. The third-order valence-electron chi connectivity index (χ3n) is 3.20. The molecule has 0 aromatic carbocycles. The second-order valence-corrected chi connectivity index (χ2v) is 4.36. The fraction of sp³-hybridized carbons (Fsp3) is 0.909. The number of hydrogen-bond donors (Lipinski definition) is 1. The first-order valence-corrected chi connectivity index (χ1v) is 5.59. The number of carboxylic acid groups (broad SMARTS) is 1. The summed E-state index contributed by atoms with van der Waals surface area (Å²) in [6.07, 6.45) is 3.42. The number of aliphatic carboxylic acids is 1. The van der Waals surface area contributed by atoms with Crippen LogP contribution in [0.2, 0.25) is 0 Å². The average molecular weight is 199 g/mol. The predicted molar refractivity (Wildman–Crippen MR) is 56.3 cm³/mol. The van der Waals surface area contributed by atoms with Gasteiger partial charge in [0.2, 0.25) is 0 Å². The third-order valence-corrected chi connectivity index (χ3v) is 3.20. The van der Waals surface area contributed by atoms with Crippen molar-refractivity contribution in [1.29, 1.82) is 0 Å². The Bertz CT molecular complexity index is 188. The molecule has 14 heavy (non-hydrogen) atoms. The van der Waals surface area contributed by atoms with Crippen LogP contribution in [0.3, 0.4) is 0 Å². The van der Waals surface area contributed by atoms with Crippen LogP contribution in [0.4, 0.5) is 0 Å². The molecule has 0 saturated carbocycles. The van der Waals surface area contributed by atoms with E-state index in [1.807, 2.05) is 0 Å². The molecule has 3 heteroatoms. The van der Waals surface area contributed by atoms with Crippen LogP contribution in [-0.2, 0) is 4.79 Å². The number of carbonyl (C=O) groups is 1. The lowest BCUT2D eigenvalue weighted by atomic mass is 9.94. The quantitative estimate of drug-likeness (QED) is 0.711. The van der Waals surface area contributed by atoms with Gasteiger partial charge in [-0.1, -0.05) is 13.3 Å². The molecule has 1 saturated heterocycles. The average Bonchev–Trinajstić information content (AvgIpc) is 2.01. The van der Waals surface area contributed by atoms with Gasteiger partial charge in [0.25, 0.3) is 0 Å². The molecule has 0 bridgehead atoms. The van der Waals surface area contributed by atoms with Crippen LogP contribution in [0.15, 0.2) is 0 Å². The molecule has 0 aliphatic carbocycles. The Morgan fingerprint density at radius 3 is 2.71 bits per heavy atom. The van der Waals surface area contributed by atoms with E-state index in [0.717, 1.165) is 18.8 Å². The molecule has 1 atom stereocenters. The molecule has 1 fully saturated rings. The number of rotatable bonds is 6. The van der Waals surface area contributed by atoms with Crippen LogP contribution in [0.1, 0.15) is 39.5 Å². The van der Waals surface area contributed by atoms with E-state index < -0.39 is 5.97 Å². The largest absolute Gasteiger partial charge is 0.481 e. The SMILES string of the molecule is CCC1CN(C(C)CCCC(=O)O)C1. The van der Waals surface area contributed by atoms with Crippen LogP contribution >= 0.6 is 0 Å². The van der Waals surface area contributed by atoms with E-state index in [1.165, 1.54) is 19.5 Å². The summed E-state index contributed by atoms with van der Waals surface area (Å²) in [6, 6.07) is 0.567. The van der Waals surface area contributed by atoms with Crippen molar-refractivity contribution in [1.82, 2.24) is 4.90 Å². The smallest absolute Gasteiger partial charge is 0.303 e. The summed E-state index contributed by atoms with van der Waals surface area (Å²) < 4.78 is 0. The monoisotopic (exact) mass is 199 g/mol. The summed E-state index contributed by atoms with van der Waals surface area (Å²) in [7, 11) is 0. The van der Waals surface area contributed by atoms with Gasteiger partial charge in [-0.15, -0.1) is 0 Å². The lowest BCUT2D eigenvalue weighted by molar-refractivity contribution is -0.137. The van der Waals surface area contributed by atoms with Crippen molar-refractivity contribution in [3.63, 3.8) is 0 Å². The fourth-order valence-electron chi connectivity index (χ4n) is 1.96. The Hall–Kier alpha value is -0.570. The van der Waals surface area contributed by atoms with Crippen molar-refractivity contribution in [2.75, 3.05) is 13.1 Å². The highest BCUT2D eigenvalue weighted by Gasteiger charge is 2.28. The number of nitrogens with zero attached hydrogens (tertiary/aromatic N) is 1. The van der Waals surface area contributed by atoms with Gasteiger partial charge in [0, 0.05) is 25.6 Å². The molecule has 82 valence electrons. The molecule has 0 radical (unpaired) electrons. The Morgan fingerprint density at radius 2 is 2.21 bits per heavy atom. The van der Waals surface area contributed by atoms with Gasteiger partial charge in [-0.25, -0.2) is 0 Å². The van der Waals surface area contributed by atoms with E-state index in [1.54, 1.807) is 0 Å². The first-order valence-electron chi connectivity index (χ1n) is 5.59. The van der Waals surface area contributed by atoms with Gasteiger partial charge in [-0.05, 0) is 25.7 Å². The Labute approximate surface area is 86.1 Å². The lowest BCUT2D eigenvalue weighted by Crippen LogP contribution is -2.50. The fourth-order valence-corrected chi connectivity index (χ4v) is 1.96. The number of carboxylic acids is 1. The highest BCUT2D eigenvalue weighted by molar-refractivity contribution is 5.66. The van der Waals surface area contributed by atoms with E-state index in [0.29, 0.717) is 12.5 Å². The summed E-state index contributed by atoms with van der Waals surface area (Å²) in [6.45, 7) is 6.86. The molecular weight excluding hydrogens is 178 g/mol. The summed E-state index contributed by atoms with van der Waals surface area (Å²) in [4.78, 5) is 12.8. The van der Waals surface area contributed by atoms with Gasteiger partial charge in [-0.2, -0.15) is 0 Å². The molecule has 1 rings (SSSR count). The van der Waals surface area contributed by atoms with Gasteiger partial charge in [0.15, 0.2) is 0 Å². The minimum atomic E-state index is -0.674. The van der Waals surface area contributed by atoms with Gasteiger partial charge >= 0.3 is 5.97 Å². The van der Waals surface area contributed by atoms with Crippen LogP contribution in [-0.4, -0.2) is 35.1 Å². The molecule has 1 aliphatic heterocycles. The minimum Gasteiger partial charge on any atom is -0.481 e. The van der Waals surface area contributed by atoms with E-state index in [9.17, 15) is 4.79 Å². The number of likely N-dealkylation sites (tertiary alicyclic amines) is 1. The van der Waals surface area contributed by atoms with E-state index in [4.69, 9.17) is 5.11 Å². The zero-order valence-electron chi connectivity index (χ0n) is 9.20. The van der Waals surface area contributed by atoms with E-state index >= 15 is 0 Å². The highest BCUT2D eigenvalue weighted by Crippen LogP contribution is 2.23.